The average Bonchev–Trinajstić information content (AvgIpc) is 3.28. The quantitative estimate of drug-likeness (QED) is 0.116. The summed E-state index contributed by atoms with van der Waals surface area (Å²) >= 11 is 13.8. The van der Waals surface area contributed by atoms with Gasteiger partial charge in [-0.1, -0.05) is 79.2 Å². The van der Waals surface area contributed by atoms with Gasteiger partial charge in [0, 0.05) is 27.1 Å². The number of esters is 1. The van der Waals surface area contributed by atoms with Crippen molar-refractivity contribution >= 4 is 46.9 Å². The summed E-state index contributed by atoms with van der Waals surface area (Å²) in [6.07, 6.45) is 3.71. The highest BCUT2D eigenvalue weighted by Gasteiger charge is 2.35. The number of hydrogen-bond donors (Lipinski definition) is 1. The molecule has 37 heavy (non-hydrogen) atoms. The van der Waals surface area contributed by atoms with Crippen LogP contribution in [0.25, 0.3) is 0 Å². The van der Waals surface area contributed by atoms with Crippen molar-refractivity contribution in [1.29, 1.82) is 0 Å². The molecule has 0 radical (unpaired) electrons. The molecule has 2 aromatic carbocycles. The molecule has 4 rings (SSSR count). The number of aromatic nitrogens is 3. The summed E-state index contributed by atoms with van der Waals surface area (Å²) < 4.78 is 13.1. The Hall–Kier alpha value is -2.94. The zero-order valence-electron chi connectivity index (χ0n) is 20.7. The Morgan fingerprint density at radius 3 is 2.73 bits per heavy atom. The number of halogens is 2. The minimum atomic E-state index is -0.513. The molecule has 7 nitrogen and oxygen atoms in total. The predicted octanol–water partition coefficient (Wildman–Crippen LogP) is 7.07. The van der Waals surface area contributed by atoms with E-state index in [-0.39, 0.29) is 6.61 Å². The highest BCUT2D eigenvalue weighted by atomic mass is 35.5. The van der Waals surface area contributed by atoms with E-state index in [1.54, 1.807) is 34.7 Å². The normalized spacial score (nSPS) is 14.6. The summed E-state index contributed by atoms with van der Waals surface area (Å²) in [5, 5.41) is 9.73. The van der Waals surface area contributed by atoms with Crippen LogP contribution in [0, 0.1) is 0 Å². The number of fused-ring (bicyclic) bond motifs is 1. The Balaban J connectivity index is 1.61. The van der Waals surface area contributed by atoms with Gasteiger partial charge in [-0.05, 0) is 43.2 Å². The topological polar surface area (TPSA) is 78.3 Å². The molecule has 10 heteroatoms. The number of rotatable bonds is 11. The Morgan fingerprint density at radius 1 is 1.24 bits per heavy atom. The van der Waals surface area contributed by atoms with Gasteiger partial charge in [0.25, 0.3) is 0 Å². The minimum Gasteiger partial charge on any atom is -0.489 e. The van der Waals surface area contributed by atoms with Crippen molar-refractivity contribution in [3.8, 4) is 5.75 Å². The Morgan fingerprint density at radius 2 is 2.03 bits per heavy atom. The molecule has 1 atom stereocenters. The fourth-order valence-corrected chi connectivity index (χ4v) is 5.21. The third kappa shape index (κ3) is 6.50. The van der Waals surface area contributed by atoms with E-state index >= 15 is 0 Å². The van der Waals surface area contributed by atoms with Gasteiger partial charge in [-0.3, -0.25) is 0 Å². The number of nitrogens with zero attached hydrogens (tertiary/aromatic N) is 3. The molecule has 3 aromatic rings. The van der Waals surface area contributed by atoms with Crippen LogP contribution in [-0.4, -0.2) is 33.1 Å². The summed E-state index contributed by atoms with van der Waals surface area (Å²) in [4.78, 5) is 17.7. The number of anilines is 1. The molecule has 1 aromatic heterocycles. The van der Waals surface area contributed by atoms with Gasteiger partial charge < -0.3 is 14.8 Å². The first kappa shape index (κ1) is 27.1. The Labute approximate surface area is 230 Å². The number of carbonyl (C=O) groups excluding carboxylic acids is 1. The van der Waals surface area contributed by atoms with Crippen LogP contribution in [-0.2, 0) is 16.1 Å². The van der Waals surface area contributed by atoms with Gasteiger partial charge in [0.2, 0.25) is 11.1 Å². The summed E-state index contributed by atoms with van der Waals surface area (Å²) in [6.45, 7) is 8.04. The first-order valence-corrected chi connectivity index (χ1v) is 13.7. The van der Waals surface area contributed by atoms with Crippen LogP contribution in [0.3, 0.4) is 0 Å². The van der Waals surface area contributed by atoms with Crippen molar-refractivity contribution in [3.63, 3.8) is 0 Å². The van der Waals surface area contributed by atoms with Crippen LogP contribution in [0.2, 0.25) is 10.0 Å². The molecule has 1 unspecified atom stereocenters. The number of unbranched alkanes of at least 4 members (excludes halogenated alkanes) is 1. The molecular weight excluding hydrogens is 531 g/mol. The second-order valence-electron chi connectivity index (χ2n) is 8.41. The van der Waals surface area contributed by atoms with Crippen molar-refractivity contribution in [2.45, 2.75) is 44.5 Å². The lowest BCUT2D eigenvalue weighted by molar-refractivity contribution is -0.138. The highest BCUT2D eigenvalue weighted by Crippen LogP contribution is 2.37. The molecule has 1 aliphatic heterocycles. The van der Waals surface area contributed by atoms with Gasteiger partial charge >= 0.3 is 5.97 Å². The molecule has 194 valence electrons. The molecule has 0 fully saturated rings. The van der Waals surface area contributed by atoms with Crippen LogP contribution in [0.15, 0.2) is 71.5 Å². The smallest absolute Gasteiger partial charge is 0.338 e. The van der Waals surface area contributed by atoms with E-state index in [2.05, 4.69) is 23.8 Å². The van der Waals surface area contributed by atoms with Gasteiger partial charge in [0.05, 0.1) is 5.57 Å². The lowest BCUT2D eigenvalue weighted by atomic mass is 9.96. The summed E-state index contributed by atoms with van der Waals surface area (Å²) in [5.74, 6) is 1.73. The van der Waals surface area contributed by atoms with Gasteiger partial charge in [0.1, 0.15) is 25.0 Å². The van der Waals surface area contributed by atoms with Crippen LogP contribution >= 0.6 is 35.0 Å². The minimum absolute atomic E-state index is 0.116. The molecule has 0 saturated carbocycles. The predicted molar refractivity (Wildman–Crippen MR) is 149 cm³/mol. The summed E-state index contributed by atoms with van der Waals surface area (Å²) in [6, 6.07) is 12.3. The first-order chi connectivity index (χ1) is 17.9. The van der Waals surface area contributed by atoms with Crippen molar-refractivity contribution in [1.82, 2.24) is 14.8 Å². The van der Waals surface area contributed by atoms with Crippen molar-refractivity contribution in [2.24, 2.45) is 0 Å². The van der Waals surface area contributed by atoms with Crippen LogP contribution in [0.1, 0.15) is 43.9 Å². The largest absolute Gasteiger partial charge is 0.489 e. The molecule has 2 heterocycles. The Kier molecular flexibility index (Phi) is 9.18. The molecule has 1 N–H and O–H groups in total. The average molecular weight is 560 g/mol. The van der Waals surface area contributed by atoms with Gasteiger partial charge in [-0.2, -0.15) is 4.98 Å². The third-order valence-corrected chi connectivity index (χ3v) is 7.23. The van der Waals surface area contributed by atoms with Crippen LogP contribution < -0.4 is 10.1 Å². The SMILES string of the molecule is C=CCOC(=O)C1=C(C)Nc2nc(SCCCC)nn2C1c1ccc(OCc2ccc(Cl)cc2Cl)cc1. The fourth-order valence-electron chi connectivity index (χ4n) is 3.83. The van der Waals surface area contributed by atoms with Crippen molar-refractivity contribution in [2.75, 3.05) is 17.7 Å². The number of benzene rings is 2. The van der Waals surface area contributed by atoms with Gasteiger partial charge in [0.15, 0.2) is 0 Å². The molecule has 0 saturated heterocycles. The van der Waals surface area contributed by atoms with Crippen LogP contribution in [0.4, 0.5) is 5.95 Å². The fraction of sp³-hybridized carbons (Fsp3) is 0.296. The molecule has 0 amide bonds. The first-order valence-electron chi connectivity index (χ1n) is 11.9. The van der Waals surface area contributed by atoms with E-state index < -0.39 is 12.0 Å². The summed E-state index contributed by atoms with van der Waals surface area (Å²) in [5.41, 5.74) is 2.81. The molecule has 1 aliphatic rings. The number of carbonyl (C=O) groups is 1. The van der Waals surface area contributed by atoms with E-state index in [0.717, 1.165) is 29.7 Å². The zero-order chi connectivity index (χ0) is 26.4. The maximum atomic E-state index is 13.1. The number of thioether (sulfide) groups is 1. The Bertz CT molecular complexity index is 1310. The van der Waals surface area contributed by atoms with E-state index in [1.807, 2.05) is 37.3 Å². The number of allylic oxidation sites excluding steroid dienone is 1. The van der Waals surface area contributed by atoms with Gasteiger partial charge in [-0.25, -0.2) is 9.48 Å². The summed E-state index contributed by atoms with van der Waals surface area (Å²) in [7, 11) is 0. The maximum Gasteiger partial charge on any atom is 0.338 e. The lowest BCUT2D eigenvalue weighted by Crippen LogP contribution is -2.29. The van der Waals surface area contributed by atoms with E-state index in [9.17, 15) is 4.79 Å². The highest BCUT2D eigenvalue weighted by molar-refractivity contribution is 7.99. The zero-order valence-corrected chi connectivity index (χ0v) is 23.0. The van der Waals surface area contributed by atoms with Gasteiger partial charge in [-0.15, -0.1) is 5.10 Å². The molecular formula is C27H28Cl2N4O3S. The lowest BCUT2D eigenvalue weighted by Gasteiger charge is -2.28. The van der Waals surface area contributed by atoms with Crippen LogP contribution in [0.5, 0.6) is 5.75 Å². The monoisotopic (exact) mass is 558 g/mol. The maximum absolute atomic E-state index is 13.1. The second-order valence-corrected chi connectivity index (χ2v) is 10.3. The van der Waals surface area contributed by atoms with E-state index in [4.69, 9.17) is 37.8 Å². The molecule has 0 spiro atoms. The van der Waals surface area contributed by atoms with Crippen molar-refractivity contribution < 1.29 is 14.3 Å². The van der Waals surface area contributed by atoms with E-state index in [0.29, 0.717) is 44.8 Å². The van der Waals surface area contributed by atoms with Crippen molar-refractivity contribution in [3.05, 3.63) is 87.6 Å². The third-order valence-electron chi connectivity index (χ3n) is 5.72. The number of ether oxygens (including phenoxy) is 2. The number of nitrogens with one attached hydrogen (secondary N) is 1. The molecule has 0 aliphatic carbocycles. The standard InChI is InChI=1S/C27H28Cl2N4O3S/c1-4-6-14-37-27-31-26-30-17(3)23(25(34)35-13-5-2)24(33(26)32-27)18-8-11-21(12-9-18)36-16-19-7-10-20(28)15-22(19)29/h5,7-12,15,24H,2,4,6,13-14,16H2,1,3H3,(H,30,31,32). The van der Waals surface area contributed by atoms with E-state index in [1.165, 1.54) is 0 Å². The number of hydrogen-bond acceptors (Lipinski definition) is 7. The molecule has 0 bridgehead atoms. The second kappa shape index (κ2) is 12.5.